The Morgan fingerprint density at radius 1 is 0.878 bits per heavy atom. The van der Waals surface area contributed by atoms with E-state index in [0.29, 0.717) is 11.3 Å². The summed E-state index contributed by atoms with van der Waals surface area (Å²) < 4.78 is 9.39. The van der Waals surface area contributed by atoms with E-state index in [1.165, 1.54) is 91.5 Å². The SMILES string of the molecule is Cc1ccc2c(CC(C)(C)C)c3c(c(C)c2c1)-c1c2c(cc4ccc(C5CCC(C)(C)CC5)cc4c2cc[n+]1C)O3. The molecule has 5 aromatic rings. The Morgan fingerprint density at radius 3 is 2.37 bits per heavy atom. The Kier molecular flexibility index (Phi) is 5.85. The summed E-state index contributed by atoms with van der Waals surface area (Å²) in [5, 5.41) is 7.82. The zero-order valence-corrected chi connectivity index (χ0v) is 26.2. The Labute approximate surface area is 245 Å². The molecule has 0 saturated heterocycles. The molecule has 0 spiro atoms. The highest BCUT2D eigenvalue weighted by Gasteiger charge is 2.35. The molecule has 2 nitrogen and oxygen atoms in total. The average molecular weight is 543 g/mol. The zero-order valence-electron chi connectivity index (χ0n) is 26.2. The number of hydrogen-bond acceptors (Lipinski definition) is 1. The molecular weight excluding hydrogens is 498 g/mol. The highest BCUT2D eigenvalue weighted by molar-refractivity contribution is 6.16. The topological polar surface area (TPSA) is 13.1 Å². The van der Waals surface area contributed by atoms with Crippen molar-refractivity contribution in [1.29, 1.82) is 0 Å². The molecule has 4 aromatic carbocycles. The average Bonchev–Trinajstić information content (AvgIpc) is 2.91. The van der Waals surface area contributed by atoms with Gasteiger partial charge >= 0.3 is 0 Å². The first-order chi connectivity index (χ1) is 19.4. The number of aromatic nitrogens is 1. The van der Waals surface area contributed by atoms with Crippen molar-refractivity contribution in [2.45, 2.75) is 86.5 Å². The molecule has 210 valence electrons. The van der Waals surface area contributed by atoms with Crippen LogP contribution in [0.1, 0.15) is 88.5 Å². The number of hydrogen-bond donors (Lipinski definition) is 0. The van der Waals surface area contributed by atoms with Crippen LogP contribution in [0.4, 0.5) is 0 Å². The fourth-order valence-corrected chi connectivity index (χ4v) is 7.66. The second kappa shape index (κ2) is 9.05. The normalized spacial score (nSPS) is 16.8. The van der Waals surface area contributed by atoms with E-state index in [1.807, 2.05) is 0 Å². The van der Waals surface area contributed by atoms with Crippen LogP contribution in [0.3, 0.4) is 0 Å². The molecule has 2 heteroatoms. The quantitative estimate of drug-likeness (QED) is 0.157. The van der Waals surface area contributed by atoms with Gasteiger partial charge in [0.05, 0.1) is 10.9 Å². The maximum Gasteiger partial charge on any atom is 0.228 e. The summed E-state index contributed by atoms with van der Waals surface area (Å²) in [6.07, 6.45) is 8.41. The molecule has 41 heavy (non-hydrogen) atoms. The van der Waals surface area contributed by atoms with Crippen LogP contribution in [0, 0.1) is 24.7 Å². The van der Waals surface area contributed by atoms with E-state index in [-0.39, 0.29) is 5.41 Å². The molecule has 0 radical (unpaired) electrons. The second-order valence-electron chi connectivity index (χ2n) is 15.1. The largest absolute Gasteiger partial charge is 0.455 e. The van der Waals surface area contributed by atoms with Crippen molar-refractivity contribution in [3.63, 3.8) is 0 Å². The van der Waals surface area contributed by atoms with Crippen LogP contribution in [0.25, 0.3) is 43.6 Å². The molecule has 1 aromatic heterocycles. The minimum absolute atomic E-state index is 0.132. The lowest BCUT2D eigenvalue weighted by Gasteiger charge is -2.34. The second-order valence-corrected chi connectivity index (χ2v) is 15.1. The lowest BCUT2D eigenvalue weighted by molar-refractivity contribution is -0.659. The Morgan fingerprint density at radius 2 is 1.63 bits per heavy atom. The van der Waals surface area contributed by atoms with Gasteiger partial charge in [0.1, 0.15) is 18.5 Å². The van der Waals surface area contributed by atoms with Gasteiger partial charge in [0.15, 0.2) is 6.20 Å². The van der Waals surface area contributed by atoms with Gasteiger partial charge in [-0.25, -0.2) is 4.57 Å². The van der Waals surface area contributed by atoms with Crippen LogP contribution < -0.4 is 9.30 Å². The summed E-state index contributed by atoms with van der Waals surface area (Å²) in [5.41, 5.74) is 8.58. The monoisotopic (exact) mass is 542 g/mol. The van der Waals surface area contributed by atoms with Crippen molar-refractivity contribution in [3.8, 4) is 22.8 Å². The van der Waals surface area contributed by atoms with Crippen LogP contribution in [-0.4, -0.2) is 0 Å². The molecule has 1 fully saturated rings. The van der Waals surface area contributed by atoms with Crippen molar-refractivity contribution in [3.05, 3.63) is 77.0 Å². The molecule has 0 bridgehead atoms. The van der Waals surface area contributed by atoms with Gasteiger partial charge in [0.25, 0.3) is 0 Å². The van der Waals surface area contributed by atoms with Crippen LogP contribution in [-0.2, 0) is 13.5 Å². The molecular formula is C39H44NO+. The lowest BCUT2D eigenvalue weighted by atomic mass is 9.71. The van der Waals surface area contributed by atoms with Gasteiger partial charge in [-0.05, 0) is 101 Å². The maximum atomic E-state index is 7.06. The van der Waals surface area contributed by atoms with Crippen LogP contribution >= 0.6 is 0 Å². The summed E-state index contributed by atoms with van der Waals surface area (Å²) in [6.45, 7) is 16.3. The van der Waals surface area contributed by atoms with Crippen molar-refractivity contribution in [2.24, 2.45) is 17.9 Å². The van der Waals surface area contributed by atoms with Gasteiger partial charge in [0, 0.05) is 17.0 Å². The van der Waals surface area contributed by atoms with E-state index in [2.05, 4.69) is 115 Å². The van der Waals surface area contributed by atoms with Crippen molar-refractivity contribution < 1.29 is 9.30 Å². The number of ether oxygens (including phenoxy) is 1. The molecule has 1 aliphatic heterocycles. The van der Waals surface area contributed by atoms with Crippen molar-refractivity contribution in [1.82, 2.24) is 0 Å². The number of rotatable bonds is 2. The standard InChI is InChI=1S/C39H44NO/c1-23-9-12-28-30(19-23)24(2)34-36-35-29(15-18-40(36)8)31-20-26(25-13-16-39(6,7)17-14-25)10-11-27(31)21-33(35)41-37(34)32(28)22-38(3,4)5/h9-12,15,18-21,25H,13-14,16-17,22H2,1-8H3/q+1. The first-order valence-electron chi connectivity index (χ1n) is 15.5. The predicted octanol–water partition coefficient (Wildman–Crippen LogP) is 10.6. The minimum atomic E-state index is 0.132. The zero-order chi connectivity index (χ0) is 28.8. The first kappa shape index (κ1) is 26.5. The lowest BCUT2D eigenvalue weighted by Crippen LogP contribution is -2.32. The van der Waals surface area contributed by atoms with E-state index in [9.17, 15) is 0 Å². The molecule has 7 rings (SSSR count). The third-order valence-electron chi connectivity index (χ3n) is 9.97. The fraction of sp³-hybridized carbons (Fsp3) is 0.410. The fourth-order valence-electron chi connectivity index (χ4n) is 7.66. The molecule has 2 aliphatic rings. The van der Waals surface area contributed by atoms with Gasteiger partial charge in [-0.2, -0.15) is 0 Å². The molecule has 2 heterocycles. The number of fused-ring (bicyclic) bond motifs is 5. The summed E-state index contributed by atoms with van der Waals surface area (Å²) >= 11 is 0. The highest BCUT2D eigenvalue weighted by atomic mass is 16.5. The van der Waals surface area contributed by atoms with E-state index in [1.54, 1.807) is 0 Å². The maximum absolute atomic E-state index is 7.06. The molecule has 1 saturated carbocycles. The number of aryl methyl sites for hydroxylation is 3. The van der Waals surface area contributed by atoms with Crippen molar-refractivity contribution >= 4 is 32.3 Å². The highest BCUT2D eigenvalue weighted by Crippen LogP contribution is 2.53. The van der Waals surface area contributed by atoms with Crippen molar-refractivity contribution in [2.75, 3.05) is 0 Å². The number of pyridine rings is 1. The number of nitrogens with zero attached hydrogens (tertiary/aromatic N) is 1. The summed E-state index contributed by atoms with van der Waals surface area (Å²) in [7, 11) is 2.20. The van der Waals surface area contributed by atoms with Gasteiger partial charge in [-0.15, -0.1) is 0 Å². The molecule has 0 unspecified atom stereocenters. The molecule has 0 amide bonds. The Bertz CT molecular complexity index is 1870. The van der Waals surface area contributed by atoms with Crippen LogP contribution in [0.5, 0.6) is 11.5 Å². The van der Waals surface area contributed by atoms with Gasteiger partial charge in [0.2, 0.25) is 5.69 Å². The van der Waals surface area contributed by atoms with Crippen LogP contribution in [0.15, 0.2) is 54.7 Å². The van der Waals surface area contributed by atoms with Gasteiger partial charge in [-0.3, -0.25) is 0 Å². The molecule has 0 N–H and O–H groups in total. The van der Waals surface area contributed by atoms with Crippen LogP contribution in [0.2, 0.25) is 0 Å². The first-order valence-corrected chi connectivity index (χ1v) is 15.5. The van der Waals surface area contributed by atoms with Gasteiger partial charge < -0.3 is 4.74 Å². The van der Waals surface area contributed by atoms with Gasteiger partial charge in [-0.1, -0.05) is 76.6 Å². The summed E-state index contributed by atoms with van der Waals surface area (Å²) in [4.78, 5) is 0. The van der Waals surface area contributed by atoms with E-state index in [4.69, 9.17) is 4.74 Å². The third kappa shape index (κ3) is 4.33. The molecule has 0 atom stereocenters. The summed E-state index contributed by atoms with van der Waals surface area (Å²) in [5.74, 6) is 2.69. The minimum Gasteiger partial charge on any atom is -0.455 e. The van der Waals surface area contributed by atoms with E-state index in [0.717, 1.165) is 17.9 Å². The Hall–Kier alpha value is -3.39. The summed E-state index contributed by atoms with van der Waals surface area (Å²) in [6, 6.07) is 18.8. The third-order valence-corrected chi connectivity index (χ3v) is 9.97. The Balaban J connectivity index is 1.51. The predicted molar refractivity (Wildman–Crippen MR) is 173 cm³/mol. The molecule has 1 aliphatic carbocycles. The van der Waals surface area contributed by atoms with E-state index >= 15 is 0 Å². The smallest absolute Gasteiger partial charge is 0.228 e. The number of benzene rings is 4. The van der Waals surface area contributed by atoms with E-state index < -0.39 is 0 Å².